The van der Waals surface area contributed by atoms with Crippen molar-refractivity contribution in [1.29, 1.82) is 5.26 Å². The molecule has 0 spiro atoms. The van der Waals surface area contributed by atoms with Gasteiger partial charge in [0.05, 0.1) is 12.1 Å². The van der Waals surface area contributed by atoms with Gasteiger partial charge in [0.2, 0.25) is 0 Å². The van der Waals surface area contributed by atoms with Crippen molar-refractivity contribution in [2.45, 2.75) is 12.5 Å². The molecule has 0 aliphatic heterocycles. The van der Waals surface area contributed by atoms with E-state index in [4.69, 9.17) is 11.0 Å². The van der Waals surface area contributed by atoms with E-state index in [1.165, 1.54) is 6.07 Å². The molecular weight excluding hydrogens is 277 g/mol. The number of aromatic nitrogens is 1. The predicted molar refractivity (Wildman–Crippen MR) is 85.6 cm³/mol. The fourth-order valence-electron chi connectivity index (χ4n) is 2.72. The largest absolute Gasteiger partial charge is 0.344 e. The number of hydrogen-bond acceptors (Lipinski definition) is 2. The average Bonchev–Trinajstić information content (AvgIpc) is 2.86. The molecule has 110 valence electrons. The fourth-order valence-corrected chi connectivity index (χ4v) is 2.72. The van der Waals surface area contributed by atoms with Crippen molar-refractivity contribution in [3.63, 3.8) is 0 Å². The molecular formula is C18H16FN3. The molecule has 0 saturated heterocycles. The van der Waals surface area contributed by atoms with Crippen molar-refractivity contribution in [1.82, 2.24) is 4.57 Å². The number of nitrogens with zero attached hydrogens (tertiary/aromatic N) is 2. The highest BCUT2D eigenvalue weighted by Gasteiger charge is 2.12. The summed E-state index contributed by atoms with van der Waals surface area (Å²) in [7, 11) is 1.97. The molecule has 0 amide bonds. The highest BCUT2D eigenvalue weighted by atomic mass is 19.1. The first-order valence-electron chi connectivity index (χ1n) is 7.08. The summed E-state index contributed by atoms with van der Waals surface area (Å²) in [5, 5.41) is 9.86. The van der Waals surface area contributed by atoms with Crippen molar-refractivity contribution in [3.8, 4) is 17.3 Å². The van der Waals surface area contributed by atoms with Gasteiger partial charge in [0.25, 0.3) is 0 Å². The molecule has 3 nitrogen and oxygen atoms in total. The second kappa shape index (κ2) is 5.63. The summed E-state index contributed by atoms with van der Waals surface area (Å²) < 4.78 is 16.3. The van der Waals surface area contributed by atoms with Crippen molar-refractivity contribution in [2.24, 2.45) is 12.8 Å². The third-order valence-electron chi connectivity index (χ3n) is 3.91. The number of halogens is 1. The van der Waals surface area contributed by atoms with Gasteiger partial charge in [0.1, 0.15) is 5.82 Å². The molecule has 1 atom stereocenters. The van der Waals surface area contributed by atoms with Gasteiger partial charge >= 0.3 is 0 Å². The van der Waals surface area contributed by atoms with E-state index in [9.17, 15) is 4.39 Å². The molecule has 1 aromatic heterocycles. The molecule has 0 saturated carbocycles. The predicted octanol–water partition coefficient (Wildman–Crippen LogP) is 3.38. The SMILES string of the molecule is Cn1c(-c2ccc(CC(N)C#N)c(F)c2)cc2ccccc21. The van der Waals surface area contributed by atoms with Gasteiger partial charge in [-0.2, -0.15) is 5.26 Å². The maximum Gasteiger partial charge on any atom is 0.127 e. The summed E-state index contributed by atoms with van der Waals surface area (Å²) in [4.78, 5) is 0. The summed E-state index contributed by atoms with van der Waals surface area (Å²) >= 11 is 0. The smallest absolute Gasteiger partial charge is 0.127 e. The van der Waals surface area contributed by atoms with Gasteiger partial charge in [0, 0.05) is 35.6 Å². The standard InChI is InChI=1S/C18H16FN3/c1-22-17-5-3-2-4-13(17)10-18(22)14-7-6-12(16(19)9-14)8-15(21)11-20/h2-7,9-10,15H,8,21H2,1H3. The molecule has 0 aliphatic rings. The number of para-hydroxylation sites is 1. The van der Waals surface area contributed by atoms with E-state index in [0.29, 0.717) is 5.56 Å². The maximum atomic E-state index is 14.2. The highest BCUT2D eigenvalue weighted by Crippen LogP contribution is 2.28. The van der Waals surface area contributed by atoms with E-state index in [-0.39, 0.29) is 12.2 Å². The number of nitrogens with two attached hydrogens (primary N) is 1. The lowest BCUT2D eigenvalue weighted by atomic mass is 10.0. The number of aryl methyl sites for hydroxylation is 1. The molecule has 2 aromatic carbocycles. The molecule has 22 heavy (non-hydrogen) atoms. The molecule has 2 N–H and O–H groups in total. The van der Waals surface area contributed by atoms with Crippen molar-refractivity contribution >= 4 is 10.9 Å². The topological polar surface area (TPSA) is 54.7 Å². The first-order chi connectivity index (χ1) is 10.6. The Balaban J connectivity index is 2.03. The molecule has 1 unspecified atom stereocenters. The lowest BCUT2D eigenvalue weighted by molar-refractivity contribution is 0.604. The summed E-state index contributed by atoms with van der Waals surface area (Å²) in [5.74, 6) is -0.326. The lowest BCUT2D eigenvalue weighted by Crippen LogP contribution is -2.20. The van der Waals surface area contributed by atoms with Gasteiger partial charge in [-0.25, -0.2) is 4.39 Å². The van der Waals surface area contributed by atoms with E-state index in [1.807, 2.05) is 54.1 Å². The molecule has 0 bridgehead atoms. The Hall–Kier alpha value is -2.64. The number of nitriles is 1. The van der Waals surface area contributed by atoms with E-state index < -0.39 is 6.04 Å². The Labute approximate surface area is 128 Å². The van der Waals surface area contributed by atoms with Crippen LogP contribution in [0.5, 0.6) is 0 Å². The first-order valence-corrected chi connectivity index (χ1v) is 7.08. The third kappa shape index (κ3) is 2.47. The molecule has 3 rings (SSSR count). The highest BCUT2D eigenvalue weighted by molar-refractivity contribution is 5.86. The van der Waals surface area contributed by atoms with Crippen LogP contribution in [0, 0.1) is 17.1 Å². The minimum absolute atomic E-state index is 0.220. The first kappa shape index (κ1) is 14.3. The Morgan fingerprint density at radius 1 is 1.23 bits per heavy atom. The zero-order valence-corrected chi connectivity index (χ0v) is 12.3. The summed E-state index contributed by atoms with van der Waals surface area (Å²) in [6.07, 6.45) is 0.220. The van der Waals surface area contributed by atoms with Crippen LogP contribution >= 0.6 is 0 Å². The van der Waals surface area contributed by atoms with Crippen LogP contribution in [0.1, 0.15) is 5.56 Å². The van der Waals surface area contributed by atoms with Gasteiger partial charge in [-0.3, -0.25) is 0 Å². The molecule has 0 aliphatic carbocycles. The summed E-state index contributed by atoms with van der Waals surface area (Å²) in [5.41, 5.74) is 8.91. The van der Waals surface area contributed by atoms with E-state index >= 15 is 0 Å². The van der Waals surface area contributed by atoms with Crippen LogP contribution < -0.4 is 5.73 Å². The normalized spacial score (nSPS) is 12.3. The van der Waals surface area contributed by atoms with Crippen LogP contribution in [0.25, 0.3) is 22.2 Å². The van der Waals surface area contributed by atoms with Gasteiger partial charge in [-0.1, -0.05) is 30.3 Å². The Bertz CT molecular complexity index is 874. The molecule has 3 aromatic rings. The average molecular weight is 293 g/mol. The molecule has 1 heterocycles. The number of benzene rings is 2. The Morgan fingerprint density at radius 3 is 2.68 bits per heavy atom. The fraction of sp³-hybridized carbons (Fsp3) is 0.167. The van der Waals surface area contributed by atoms with Crippen LogP contribution in [-0.2, 0) is 13.5 Å². The Kier molecular flexibility index (Phi) is 3.66. The van der Waals surface area contributed by atoms with Crippen LogP contribution in [0.2, 0.25) is 0 Å². The van der Waals surface area contributed by atoms with Crippen LogP contribution in [-0.4, -0.2) is 10.6 Å². The zero-order valence-electron chi connectivity index (χ0n) is 12.3. The Morgan fingerprint density at radius 2 is 2.00 bits per heavy atom. The minimum atomic E-state index is -0.682. The van der Waals surface area contributed by atoms with Gasteiger partial charge in [-0.15, -0.1) is 0 Å². The quantitative estimate of drug-likeness (QED) is 0.805. The third-order valence-corrected chi connectivity index (χ3v) is 3.91. The van der Waals surface area contributed by atoms with Crippen molar-refractivity contribution < 1.29 is 4.39 Å². The van der Waals surface area contributed by atoms with Gasteiger partial charge < -0.3 is 10.3 Å². The second-order valence-corrected chi connectivity index (χ2v) is 5.39. The monoisotopic (exact) mass is 293 g/mol. The number of hydrogen-bond donors (Lipinski definition) is 1. The number of rotatable bonds is 3. The maximum absolute atomic E-state index is 14.2. The van der Waals surface area contributed by atoms with Crippen molar-refractivity contribution in [3.05, 3.63) is 59.9 Å². The van der Waals surface area contributed by atoms with E-state index in [1.54, 1.807) is 6.07 Å². The minimum Gasteiger partial charge on any atom is -0.344 e. The number of fused-ring (bicyclic) bond motifs is 1. The van der Waals surface area contributed by atoms with Crippen molar-refractivity contribution in [2.75, 3.05) is 0 Å². The van der Waals surface area contributed by atoms with Crippen LogP contribution in [0.3, 0.4) is 0 Å². The zero-order chi connectivity index (χ0) is 15.7. The van der Waals surface area contributed by atoms with Gasteiger partial charge in [0.15, 0.2) is 0 Å². The summed E-state index contributed by atoms with van der Waals surface area (Å²) in [6, 6.07) is 16.4. The van der Waals surface area contributed by atoms with E-state index in [2.05, 4.69) is 0 Å². The van der Waals surface area contributed by atoms with Gasteiger partial charge in [-0.05, 0) is 23.8 Å². The summed E-state index contributed by atoms with van der Waals surface area (Å²) in [6.45, 7) is 0. The second-order valence-electron chi connectivity index (χ2n) is 5.39. The lowest BCUT2D eigenvalue weighted by Gasteiger charge is -2.08. The van der Waals surface area contributed by atoms with Crippen LogP contribution in [0.4, 0.5) is 4.39 Å². The van der Waals surface area contributed by atoms with Crippen LogP contribution in [0.15, 0.2) is 48.5 Å². The molecule has 4 heteroatoms. The molecule has 0 fully saturated rings. The van der Waals surface area contributed by atoms with E-state index in [0.717, 1.165) is 22.2 Å². The molecule has 0 radical (unpaired) electrons.